The van der Waals surface area contributed by atoms with Gasteiger partial charge in [0, 0.05) is 5.69 Å². The van der Waals surface area contributed by atoms with Gasteiger partial charge >= 0.3 is 5.97 Å². The number of amides is 1. The molecule has 0 atom stereocenters. The van der Waals surface area contributed by atoms with E-state index in [-0.39, 0.29) is 13.2 Å². The van der Waals surface area contributed by atoms with Crippen molar-refractivity contribution >= 4 is 33.3 Å². The van der Waals surface area contributed by atoms with Crippen LogP contribution >= 0.6 is 0 Å². The van der Waals surface area contributed by atoms with E-state index in [1.54, 1.807) is 50.2 Å². The van der Waals surface area contributed by atoms with Gasteiger partial charge in [-0.2, -0.15) is 0 Å². The molecule has 0 saturated heterocycles. The van der Waals surface area contributed by atoms with Crippen LogP contribution in [0.4, 0.5) is 11.4 Å². The van der Waals surface area contributed by atoms with E-state index < -0.39 is 21.9 Å². The highest BCUT2D eigenvalue weighted by atomic mass is 32.2. The number of hydrogen-bond donors (Lipinski definition) is 1. The molecule has 0 fully saturated rings. The van der Waals surface area contributed by atoms with Gasteiger partial charge in [-0.25, -0.2) is 13.2 Å². The summed E-state index contributed by atoms with van der Waals surface area (Å²) < 4.78 is 30.4. The number of nitrogens with one attached hydrogen (secondary N) is 1. The van der Waals surface area contributed by atoms with Crippen LogP contribution in [0, 0.1) is 13.8 Å². The lowest BCUT2D eigenvalue weighted by molar-refractivity contribution is -0.114. The molecule has 2 rings (SSSR count). The summed E-state index contributed by atoms with van der Waals surface area (Å²) in [5, 5.41) is 2.70. The Morgan fingerprint density at radius 1 is 1.11 bits per heavy atom. The molecule has 0 spiro atoms. The van der Waals surface area contributed by atoms with Crippen LogP contribution in [-0.4, -0.2) is 39.7 Å². The van der Waals surface area contributed by atoms with Crippen molar-refractivity contribution in [2.45, 2.75) is 20.8 Å². The number of hydrogen-bond acceptors (Lipinski definition) is 5. The predicted molar refractivity (Wildman–Crippen MR) is 109 cm³/mol. The zero-order valence-corrected chi connectivity index (χ0v) is 17.2. The number of carbonyl (C=O) groups excluding carboxylic acids is 2. The molecule has 7 nitrogen and oxygen atoms in total. The van der Waals surface area contributed by atoms with Crippen molar-refractivity contribution < 1.29 is 22.7 Å². The van der Waals surface area contributed by atoms with Crippen molar-refractivity contribution in [2.24, 2.45) is 0 Å². The lowest BCUT2D eigenvalue weighted by Gasteiger charge is -2.22. The monoisotopic (exact) mass is 404 g/mol. The van der Waals surface area contributed by atoms with E-state index in [4.69, 9.17) is 4.74 Å². The van der Waals surface area contributed by atoms with Crippen LogP contribution in [0.1, 0.15) is 28.4 Å². The Kier molecular flexibility index (Phi) is 6.80. The third-order valence-electron chi connectivity index (χ3n) is 3.99. The predicted octanol–water partition coefficient (Wildman–Crippen LogP) is 2.88. The molecule has 0 aliphatic carbocycles. The Bertz CT molecular complexity index is 986. The molecule has 0 heterocycles. The smallest absolute Gasteiger partial charge is 0.338 e. The summed E-state index contributed by atoms with van der Waals surface area (Å²) in [7, 11) is -3.65. The summed E-state index contributed by atoms with van der Waals surface area (Å²) in [6, 6.07) is 11.7. The first kappa shape index (κ1) is 21.4. The Labute approximate surface area is 165 Å². The van der Waals surface area contributed by atoms with Gasteiger partial charge in [0.1, 0.15) is 6.54 Å². The number of anilines is 2. The number of carbonyl (C=O) groups is 2. The maximum absolute atomic E-state index is 12.5. The number of nitrogens with zero attached hydrogens (tertiary/aromatic N) is 1. The second-order valence-electron chi connectivity index (χ2n) is 6.41. The zero-order valence-electron chi connectivity index (χ0n) is 16.4. The minimum atomic E-state index is -3.65. The first-order valence-corrected chi connectivity index (χ1v) is 10.6. The normalized spacial score (nSPS) is 11.0. The summed E-state index contributed by atoms with van der Waals surface area (Å²) in [5.74, 6) is -0.926. The number of rotatable bonds is 7. The number of benzene rings is 2. The molecular formula is C20H24N2O5S. The summed E-state index contributed by atoms with van der Waals surface area (Å²) in [4.78, 5) is 24.3. The second-order valence-corrected chi connectivity index (χ2v) is 8.31. The molecule has 2 aromatic rings. The van der Waals surface area contributed by atoms with Crippen molar-refractivity contribution in [3.05, 3.63) is 59.2 Å². The topological polar surface area (TPSA) is 92.8 Å². The molecule has 2 aromatic carbocycles. The maximum atomic E-state index is 12.5. The van der Waals surface area contributed by atoms with Gasteiger partial charge in [0.15, 0.2) is 0 Å². The van der Waals surface area contributed by atoms with E-state index in [2.05, 4.69) is 5.32 Å². The largest absolute Gasteiger partial charge is 0.462 e. The van der Waals surface area contributed by atoms with Crippen molar-refractivity contribution in [3.8, 4) is 0 Å². The average Bonchev–Trinajstić information content (AvgIpc) is 2.60. The van der Waals surface area contributed by atoms with E-state index in [9.17, 15) is 18.0 Å². The molecule has 0 bridgehead atoms. The van der Waals surface area contributed by atoms with Crippen LogP contribution < -0.4 is 9.62 Å². The molecule has 28 heavy (non-hydrogen) atoms. The highest BCUT2D eigenvalue weighted by Crippen LogP contribution is 2.20. The van der Waals surface area contributed by atoms with Gasteiger partial charge in [0.25, 0.3) is 0 Å². The Balaban J connectivity index is 2.18. The lowest BCUT2D eigenvalue weighted by Crippen LogP contribution is -2.37. The van der Waals surface area contributed by atoms with Crippen molar-refractivity contribution in [1.29, 1.82) is 0 Å². The SMILES string of the molecule is CCOC(=O)c1ccc(NC(=O)CN(c2cccc(C)c2)S(C)(=O)=O)c(C)c1. The van der Waals surface area contributed by atoms with Gasteiger partial charge < -0.3 is 10.1 Å². The van der Waals surface area contributed by atoms with Crippen molar-refractivity contribution in [3.63, 3.8) is 0 Å². The molecule has 150 valence electrons. The van der Waals surface area contributed by atoms with Crippen LogP contribution in [0.3, 0.4) is 0 Å². The lowest BCUT2D eigenvalue weighted by atomic mass is 10.1. The van der Waals surface area contributed by atoms with E-state index >= 15 is 0 Å². The quantitative estimate of drug-likeness (QED) is 0.717. The molecule has 0 saturated carbocycles. The molecule has 0 radical (unpaired) electrons. The molecule has 0 aliphatic heterocycles. The van der Waals surface area contributed by atoms with Gasteiger partial charge in [-0.15, -0.1) is 0 Å². The zero-order chi connectivity index (χ0) is 20.9. The van der Waals surface area contributed by atoms with Gasteiger partial charge in [-0.3, -0.25) is 9.10 Å². The molecule has 0 unspecified atom stereocenters. The fourth-order valence-electron chi connectivity index (χ4n) is 2.65. The molecule has 0 aliphatic rings. The van der Waals surface area contributed by atoms with Gasteiger partial charge in [0.2, 0.25) is 15.9 Å². The Morgan fingerprint density at radius 2 is 1.82 bits per heavy atom. The van der Waals surface area contributed by atoms with Crippen LogP contribution in [0.5, 0.6) is 0 Å². The number of aryl methyl sites for hydroxylation is 2. The van der Waals surface area contributed by atoms with Crippen LogP contribution in [0.15, 0.2) is 42.5 Å². The number of esters is 1. The Morgan fingerprint density at radius 3 is 2.39 bits per heavy atom. The standard InChI is InChI=1S/C20H24N2O5S/c1-5-27-20(24)16-9-10-18(15(3)12-16)21-19(23)13-22(28(4,25)26)17-8-6-7-14(2)11-17/h6-12H,5,13H2,1-4H3,(H,21,23). The third-order valence-corrected chi connectivity index (χ3v) is 5.13. The molecule has 1 amide bonds. The molecule has 1 N–H and O–H groups in total. The summed E-state index contributed by atoms with van der Waals surface area (Å²) in [6.45, 7) is 5.23. The average molecular weight is 404 g/mol. The van der Waals surface area contributed by atoms with E-state index in [0.29, 0.717) is 22.5 Å². The second kappa shape index (κ2) is 8.88. The first-order valence-electron chi connectivity index (χ1n) is 8.74. The third kappa shape index (κ3) is 5.56. The van der Waals surface area contributed by atoms with Crippen LogP contribution in [0.2, 0.25) is 0 Å². The minimum absolute atomic E-state index is 0.274. The fourth-order valence-corrected chi connectivity index (χ4v) is 3.50. The highest BCUT2D eigenvalue weighted by Gasteiger charge is 2.21. The maximum Gasteiger partial charge on any atom is 0.338 e. The van der Waals surface area contributed by atoms with Crippen LogP contribution in [-0.2, 0) is 19.6 Å². The first-order chi connectivity index (χ1) is 13.1. The van der Waals surface area contributed by atoms with Crippen molar-refractivity contribution in [1.82, 2.24) is 0 Å². The summed E-state index contributed by atoms with van der Waals surface area (Å²) in [5.41, 5.74) is 2.86. The minimum Gasteiger partial charge on any atom is -0.462 e. The Hall–Kier alpha value is -2.87. The number of ether oxygens (including phenoxy) is 1. The number of sulfonamides is 1. The fraction of sp³-hybridized carbons (Fsp3) is 0.300. The highest BCUT2D eigenvalue weighted by molar-refractivity contribution is 7.92. The molecular weight excluding hydrogens is 380 g/mol. The summed E-state index contributed by atoms with van der Waals surface area (Å²) >= 11 is 0. The molecule has 0 aromatic heterocycles. The summed E-state index contributed by atoms with van der Waals surface area (Å²) in [6.07, 6.45) is 1.06. The van der Waals surface area contributed by atoms with E-state index in [0.717, 1.165) is 16.1 Å². The van der Waals surface area contributed by atoms with E-state index in [1.807, 2.05) is 13.0 Å². The molecule has 8 heteroatoms. The van der Waals surface area contributed by atoms with Gasteiger partial charge in [0.05, 0.1) is 24.1 Å². The van der Waals surface area contributed by atoms with E-state index in [1.165, 1.54) is 0 Å². The van der Waals surface area contributed by atoms with Gasteiger partial charge in [-0.05, 0) is 62.2 Å². The van der Waals surface area contributed by atoms with Crippen LogP contribution in [0.25, 0.3) is 0 Å². The van der Waals surface area contributed by atoms with Gasteiger partial charge in [-0.1, -0.05) is 12.1 Å². The van der Waals surface area contributed by atoms with Crippen molar-refractivity contribution in [2.75, 3.05) is 29.0 Å².